The number of nitrogens with one attached hydrogen (secondary N) is 1. The van der Waals surface area contributed by atoms with E-state index in [1.165, 1.54) is 5.56 Å². The van der Waals surface area contributed by atoms with Crippen LogP contribution in [0.3, 0.4) is 0 Å². The lowest BCUT2D eigenvalue weighted by Gasteiger charge is -2.38. The fourth-order valence-electron chi connectivity index (χ4n) is 3.81. The number of carbonyl (C=O) groups is 1. The minimum absolute atomic E-state index is 0.0426. The monoisotopic (exact) mass is 397 g/mol. The van der Waals surface area contributed by atoms with E-state index in [1.807, 2.05) is 41.3 Å². The fraction of sp³-hybridized carbons (Fsp3) is 0.318. The maximum absolute atomic E-state index is 12.9. The van der Waals surface area contributed by atoms with Gasteiger partial charge in [0, 0.05) is 48.1 Å². The summed E-state index contributed by atoms with van der Waals surface area (Å²) >= 11 is 6.05. The summed E-state index contributed by atoms with van der Waals surface area (Å²) in [5.41, 5.74) is 2.77. The smallest absolute Gasteiger partial charge is 0.270 e. The number of halogens is 1. The molecule has 0 radical (unpaired) electrons. The highest BCUT2D eigenvalue weighted by Gasteiger charge is 2.26. The maximum Gasteiger partial charge on any atom is 0.270 e. The van der Waals surface area contributed by atoms with E-state index in [0.717, 1.165) is 29.7 Å². The molecule has 0 saturated carbocycles. The first-order valence-electron chi connectivity index (χ1n) is 9.50. The van der Waals surface area contributed by atoms with Crippen molar-refractivity contribution in [2.24, 2.45) is 0 Å². The van der Waals surface area contributed by atoms with Crippen LogP contribution >= 0.6 is 11.6 Å². The predicted molar refractivity (Wildman–Crippen MR) is 112 cm³/mol. The Morgan fingerprint density at radius 3 is 2.64 bits per heavy atom. The molecule has 0 spiro atoms. The fourth-order valence-corrected chi connectivity index (χ4v) is 3.99. The molecule has 6 heteroatoms. The third kappa shape index (κ3) is 3.73. The van der Waals surface area contributed by atoms with E-state index in [1.54, 1.807) is 7.11 Å². The Kier molecular flexibility index (Phi) is 5.29. The van der Waals surface area contributed by atoms with Gasteiger partial charge in [0.25, 0.3) is 5.91 Å². The molecule has 1 aliphatic rings. The van der Waals surface area contributed by atoms with Crippen LogP contribution in [0.15, 0.2) is 48.5 Å². The van der Waals surface area contributed by atoms with Crippen LogP contribution in [0.5, 0.6) is 5.75 Å². The number of aromatic amines is 1. The lowest BCUT2D eigenvalue weighted by atomic mass is 10.1. The van der Waals surface area contributed by atoms with Gasteiger partial charge < -0.3 is 14.6 Å². The first kappa shape index (κ1) is 18.8. The number of nitrogens with zero attached hydrogens (tertiary/aromatic N) is 2. The first-order chi connectivity index (χ1) is 13.5. The number of carbonyl (C=O) groups excluding carboxylic acids is 1. The zero-order chi connectivity index (χ0) is 19.7. The minimum Gasteiger partial charge on any atom is -0.497 e. The number of fused-ring (bicyclic) bond motifs is 1. The summed E-state index contributed by atoms with van der Waals surface area (Å²) in [6.45, 7) is 5.31. The Hall–Kier alpha value is -2.50. The molecule has 3 aromatic rings. The average Bonchev–Trinajstić information content (AvgIpc) is 3.16. The van der Waals surface area contributed by atoms with Crippen LogP contribution in [0.1, 0.15) is 29.0 Å². The van der Waals surface area contributed by atoms with Crippen LogP contribution in [-0.4, -0.2) is 54.0 Å². The number of ether oxygens (including phenoxy) is 1. The molecule has 1 amide bonds. The van der Waals surface area contributed by atoms with Gasteiger partial charge in [0.2, 0.25) is 0 Å². The molecule has 1 atom stereocenters. The van der Waals surface area contributed by atoms with Crippen LogP contribution in [0.4, 0.5) is 0 Å². The number of benzene rings is 2. The summed E-state index contributed by atoms with van der Waals surface area (Å²) in [6.07, 6.45) is 0. The van der Waals surface area contributed by atoms with Gasteiger partial charge in [-0.05, 0) is 48.9 Å². The van der Waals surface area contributed by atoms with Gasteiger partial charge in [0.1, 0.15) is 11.4 Å². The van der Waals surface area contributed by atoms with Gasteiger partial charge in [-0.15, -0.1) is 0 Å². The molecule has 0 aliphatic carbocycles. The molecule has 2 aromatic carbocycles. The van der Waals surface area contributed by atoms with Gasteiger partial charge in [0.05, 0.1) is 7.11 Å². The molecule has 1 unspecified atom stereocenters. The van der Waals surface area contributed by atoms with Crippen LogP contribution in [0.25, 0.3) is 10.9 Å². The second-order valence-electron chi connectivity index (χ2n) is 7.20. The van der Waals surface area contributed by atoms with Crippen molar-refractivity contribution in [2.75, 3.05) is 33.3 Å². The number of H-pyrrole nitrogens is 1. The molecular formula is C22H24ClN3O2. The molecule has 1 fully saturated rings. The Bertz CT molecular complexity index is 992. The Morgan fingerprint density at radius 2 is 1.89 bits per heavy atom. The van der Waals surface area contributed by atoms with Crippen molar-refractivity contribution >= 4 is 28.4 Å². The van der Waals surface area contributed by atoms with Crippen molar-refractivity contribution in [3.05, 3.63) is 64.8 Å². The van der Waals surface area contributed by atoms with Gasteiger partial charge >= 0.3 is 0 Å². The molecule has 2 heterocycles. The van der Waals surface area contributed by atoms with Crippen molar-refractivity contribution in [1.29, 1.82) is 0 Å². The maximum atomic E-state index is 12.9. The molecule has 1 N–H and O–H groups in total. The molecule has 1 saturated heterocycles. The molecular weight excluding hydrogens is 374 g/mol. The van der Waals surface area contributed by atoms with Crippen LogP contribution in [-0.2, 0) is 0 Å². The van der Waals surface area contributed by atoms with Crippen LogP contribution in [0, 0.1) is 0 Å². The second-order valence-corrected chi connectivity index (χ2v) is 7.63. The van der Waals surface area contributed by atoms with E-state index in [2.05, 4.69) is 28.9 Å². The number of aromatic nitrogens is 1. The van der Waals surface area contributed by atoms with Gasteiger partial charge in [-0.2, -0.15) is 0 Å². The predicted octanol–water partition coefficient (Wildman–Crippen LogP) is 4.35. The summed E-state index contributed by atoms with van der Waals surface area (Å²) in [4.78, 5) is 20.5. The summed E-state index contributed by atoms with van der Waals surface area (Å²) < 4.78 is 5.34. The Balaban J connectivity index is 1.42. The van der Waals surface area contributed by atoms with E-state index >= 15 is 0 Å². The molecule has 1 aliphatic heterocycles. The van der Waals surface area contributed by atoms with E-state index < -0.39 is 0 Å². The van der Waals surface area contributed by atoms with Crippen molar-refractivity contribution in [3.63, 3.8) is 0 Å². The lowest BCUT2D eigenvalue weighted by molar-refractivity contribution is 0.0577. The third-order valence-electron chi connectivity index (χ3n) is 5.54. The zero-order valence-corrected chi connectivity index (χ0v) is 16.9. The van der Waals surface area contributed by atoms with Crippen molar-refractivity contribution < 1.29 is 9.53 Å². The van der Waals surface area contributed by atoms with Crippen molar-refractivity contribution in [2.45, 2.75) is 13.0 Å². The summed E-state index contributed by atoms with van der Waals surface area (Å²) in [7, 11) is 1.69. The van der Waals surface area contributed by atoms with Crippen molar-refractivity contribution in [3.8, 4) is 5.75 Å². The topological polar surface area (TPSA) is 48.6 Å². The lowest BCUT2D eigenvalue weighted by Crippen LogP contribution is -2.49. The first-order valence-corrected chi connectivity index (χ1v) is 9.88. The van der Waals surface area contributed by atoms with Gasteiger partial charge in [-0.1, -0.05) is 23.7 Å². The molecule has 28 heavy (non-hydrogen) atoms. The number of rotatable bonds is 4. The molecule has 4 rings (SSSR count). The zero-order valence-electron chi connectivity index (χ0n) is 16.1. The number of methoxy groups -OCH3 is 1. The molecule has 0 bridgehead atoms. The molecule has 5 nitrogen and oxygen atoms in total. The number of piperazine rings is 1. The Labute approximate surface area is 169 Å². The average molecular weight is 398 g/mol. The molecule has 1 aromatic heterocycles. The highest BCUT2D eigenvalue weighted by atomic mass is 35.5. The van der Waals surface area contributed by atoms with E-state index in [9.17, 15) is 4.79 Å². The summed E-state index contributed by atoms with van der Waals surface area (Å²) in [5.74, 6) is 0.915. The third-order valence-corrected chi connectivity index (χ3v) is 5.77. The van der Waals surface area contributed by atoms with Crippen LogP contribution in [0.2, 0.25) is 5.02 Å². The van der Waals surface area contributed by atoms with Gasteiger partial charge in [-0.25, -0.2) is 0 Å². The van der Waals surface area contributed by atoms with E-state index in [0.29, 0.717) is 23.8 Å². The van der Waals surface area contributed by atoms with Gasteiger partial charge in [0.15, 0.2) is 0 Å². The quantitative estimate of drug-likeness (QED) is 0.712. The Morgan fingerprint density at radius 1 is 1.11 bits per heavy atom. The minimum atomic E-state index is 0.0426. The van der Waals surface area contributed by atoms with E-state index in [4.69, 9.17) is 16.3 Å². The number of hydrogen-bond acceptors (Lipinski definition) is 3. The van der Waals surface area contributed by atoms with E-state index in [-0.39, 0.29) is 11.9 Å². The standard InChI is InChI=1S/C22H24ClN3O2/c1-15(16-4-3-5-19(13-16)28-2)25-8-10-26(11-9-25)22(27)21-14-17-12-18(23)6-7-20(17)24-21/h3-7,12-15,24H,8-11H2,1-2H3. The number of hydrogen-bond donors (Lipinski definition) is 1. The SMILES string of the molecule is COc1cccc(C(C)N2CCN(C(=O)c3cc4cc(Cl)ccc4[nH]3)CC2)c1. The highest BCUT2D eigenvalue weighted by Crippen LogP contribution is 2.26. The highest BCUT2D eigenvalue weighted by molar-refractivity contribution is 6.31. The second kappa shape index (κ2) is 7.86. The van der Waals surface area contributed by atoms with Crippen LogP contribution < -0.4 is 4.74 Å². The number of amides is 1. The largest absolute Gasteiger partial charge is 0.497 e. The summed E-state index contributed by atoms with van der Waals surface area (Å²) in [6, 6.07) is 16.0. The summed E-state index contributed by atoms with van der Waals surface area (Å²) in [5, 5.41) is 1.63. The molecule has 146 valence electrons. The normalized spacial score (nSPS) is 16.3. The van der Waals surface area contributed by atoms with Gasteiger partial charge in [-0.3, -0.25) is 9.69 Å². The van der Waals surface area contributed by atoms with Crippen molar-refractivity contribution in [1.82, 2.24) is 14.8 Å².